The van der Waals surface area contributed by atoms with Gasteiger partial charge in [-0.3, -0.25) is 0 Å². The van der Waals surface area contributed by atoms with Gasteiger partial charge in [0, 0.05) is 13.7 Å². The number of hydrogen-bond acceptors (Lipinski definition) is 4. The zero-order valence-electron chi connectivity index (χ0n) is 11.6. The molecule has 0 fully saturated rings. The van der Waals surface area contributed by atoms with Crippen LogP contribution < -0.4 is 5.32 Å². The van der Waals surface area contributed by atoms with Crippen molar-refractivity contribution in [2.75, 3.05) is 52.0 Å². The zero-order chi connectivity index (χ0) is 13.9. The van der Waals surface area contributed by atoms with Crippen LogP contribution in [-0.4, -0.2) is 46.7 Å². The average Bonchev–Trinajstić information content (AvgIpc) is 2.40. The van der Waals surface area contributed by atoms with Crippen LogP contribution in [0.25, 0.3) is 0 Å². The molecule has 0 spiro atoms. The first-order valence-corrected chi connectivity index (χ1v) is 6.77. The minimum atomic E-state index is 0.590. The van der Waals surface area contributed by atoms with Crippen molar-refractivity contribution in [2.24, 2.45) is 0 Å². The number of ether oxygens (including phenoxy) is 3. The van der Waals surface area contributed by atoms with Crippen molar-refractivity contribution < 1.29 is 14.2 Å². The molecule has 0 bridgehead atoms. The van der Waals surface area contributed by atoms with Crippen molar-refractivity contribution in [1.29, 1.82) is 0 Å². The lowest BCUT2D eigenvalue weighted by Gasteiger charge is -2.11. The Morgan fingerprint density at radius 1 is 1.05 bits per heavy atom. The molecule has 0 saturated heterocycles. The molecule has 1 aromatic carbocycles. The van der Waals surface area contributed by atoms with Gasteiger partial charge in [-0.05, 0) is 18.6 Å². The summed E-state index contributed by atoms with van der Waals surface area (Å²) in [6.07, 6.45) is 0. The Bertz CT molecular complexity index is 340. The highest BCUT2D eigenvalue weighted by molar-refractivity contribution is 6.33. The third kappa shape index (κ3) is 6.78. The maximum Gasteiger partial charge on any atom is 0.0701 e. The second kappa shape index (κ2) is 10.0. The molecule has 5 heteroatoms. The Labute approximate surface area is 120 Å². The Balaban J connectivity index is 2.05. The van der Waals surface area contributed by atoms with E-state index in [4.69, 9.17) is 25.8 Å². The highest BCUT2D eigenvalue weighted by Gasteiger charge is 2.01. The van der Waals surface area contributed by atoms with Gasteiger partial charge in [-0.1, -0.05) is 23.7 Å². The Morgan fingerprint density at radius 3 is 2.42 bits per heavy atom. The van der Waals surface area contributed by atoms with Crippen molar-refractivity contribution >= 4 is 17.3 Å². The van der Waals surface area contributed by atoms with Crippen LogP contribution in [0.2, 0.25) is 5.02 Å². The topological polar surface area (TPSA) is 39.7 Å². The molecule has 0 aliphatic heterocycles. The minimum absolute atomic E-state index is 0.590. The van der Waals surface area contributed by atoms with Crippen molar-refractivity contribution in [1.82, 2.24) is 0 Å². The summed E-state index contributed by atoms with van der Waals surface area (Å²) in [6, 6.07) is 5.84. The van der Waals surface area contributed by atoms with Gasteiger partial charge in [0.15, 0.2) is 0 Å². The van der Waals surface area contributed by atoms with Crippen molar-refractivity contribution in [3.05, 3.63) is 28.8 Å². The van der Waals surface area contributed by atoms with Crippen molar-refractivity contribution in [2.45, 2.75) is 6.92 Å². The van der Waals surface area contributed by atoms with Gasteiger partial charge in [-0.25, -0.2) is 0 Å². The molecule has 0 atom stereocenters. The van der Waals surface area contributed by atoms with E-state index >= 15 is 0 Å². The number of halogens is 1. The number of para-hydroxylation sites is 1. The molecule has 19 heavy (non-hydrogen) atoms. The van der Waals surface area contributed by atoms with Crippen molar-refractivity contribution in [3.8, 4) is 0 Å². The van der Waals surface area contributed by atoms with Gasteiger partial charge in [0.25, 0.3) is 0 Å². The summed E-state index contributed by atoms with van der Waals surface area (Å²) in [6.45, 7) is 5.78. The van der Waals surface area contributed by atoms with Gasteiger partial charge in [0.05, 0.1) is 43.7 Å². The molecule has 4 nitrogen and oxygen atoms in total. The van der Waals surface area contributed by atoms with E-state index in [9.17, 15) is 0 Å². The summed E-state index contributed by atoms with van der Waals surface area (Å²) in [5.41, 5.74) is 2.11. The zero-order valence-corrected chi connectivity index (χ0v) is 12.3. The Kier molecular flexibility index (Phi) is 8.58. The maximum absolute atomic E-state index is 6.11. The monoisotopic (exact) mass is 287 g/mol. The Morgan fingerprint density at radius 2 is 1.74 bits per heavy atom. The van der Waals surface area contributed by atoms with Crippen LogP contribution in [0.5, 0.6) is 0 Å². The second-order valence-corrected chi connectivity index (χ2v) is 4.48. The largest absolute Gasteiger partial charge is 0.382 e. The summed E-state index contributed by atoms with van der Waals surface area (Å²) in [4.78, 5) is 0. The molecule has 0 unspecified atom stereocenters. The van der Waals surface area contributed by atoms with Gasteiger partial charge < -0.3 is 19.5 Å². The molecule has 0 saturated carbocycles. The summed E-state index contributed by atoms with van der Waals surface area (Å²) in [5.74, 6) is 0. The predicted molar refractivity (Wildman–Crippen MR) is 78.2 cm³/mol. The molecule has 1 rings (SSSR count). The highest BCUT2D eigenvalue weighted by atomic mass is 35.5. The lowest BCUT2D eigenvalue weighted by Crippen LogP contribution is -2.14. The van der Waals surface area contributed by atoms with Gasteiger partial charge in [-0.15, -0.1) is 0 Å². The summed E-state index contributed by atoms with van der Waals surface area (Å²) in [7, 11) is 1.65. The maximum atomic E-state index is 6.11. The lowest BCUT2D eigenvalue weighted by molar-refractivity contribution is 0.0272. The molecule has 1 aromatic rings. The van der Waals surface area contributed by atoms with E-state index in [1.807, 2.05) is 25.1 Å². The van der Waals surface area contributed by atoms with E-state index in [0.29, 0.717) is 33.0 Å². The lowest BCUT2D eigenvalue weighted by atomic mass is 10.2. The fraction of sp³-hybridized carbons (Fsp3) is 0.571. The molecule has 1 N–H and O–H groups in total. The molecule has 0 aliphatic rings. The first kappa shape index (κ1) is 16.2. The third-order valence-electron chi connectivity index (χ3n) is 2.57. The molecule has 0 radical (unpaired) electrons. The molecular weight excluding hydrogens is 266 g/mol. The normalized spacial score (nSPS) is 10.7. The van der Waals surface area contributed by atoms with Gasteiger partial charge in [0.2, 0.25) is 0 Å². The average molecular weight is 288 g/mol. The quantitative estimate of drug-likeness (QED) is 0.672. The predicted octanol–water partition coefficient (Wildman–Crippen LogP) is 2.74. The minimum Gasteiger partial charge on any atom is -0.382 e. The molecular formula is C14H22ClNO3. The third-order valence-corrected chi connectivity index (χ3v) is 2.89. The number of methoxy groups -OCH3 is 1. The number of anilines is 1. The van der Waals surface area contributed by atoms with E-state index in [0.717, 1.165) is 22.8 Å². The van der Waals surface area contributed by atoms with E-state index in [1.54, 1.807) is 7.11 Å². The van der Waals surface area contributed by atoms with Crippen LogP contribution in [0.4, 0.5) is 5.69 Å². The number of rotatable bonds is 10. The number of benzene rings is 1. The van der Waals surface area contributed by atoms with Crippen LogP contribution in [0.3, 0.4) is 0 Å². The SMILES string of the molecule is COCCOCCOCCNc1c(C)cccc1Cl. The first-order valence-electron chi connectivity index (χ1n) is 6.39. The second-order valence-electron chi connectivity index (χ2n) is 4.08. The van der Waals surface area contributed by atoms with E-state index in [2.05, 4.69) is 5.32 Å². The van der Waals surface area contributed by atoms with E-state index in [-0.39, 0.29) is 0 Å². The molecule has 0 aliphatic carbocycles. The molecule has 108 valence electrons. The van der Waals surface area contributed by atoms with Crippen LogP contribution in [-0.2, 0) is 14.2 Å². The van der Waals surface area contributed by atoms with Crippen LogP contribution in [0.15, 0.2) is 18.2 Å². The summed E-state index contributed by atoms with van der Waals surface area (Å²) < 4.78 is 15.6. The number of aryl methyl sites for hydroxylation is 1. The van der Waals surface area contributed by atoms with Gasteiger partial charge in [0.1, 0.15) is 0 Å². The van der Waals surface area contributed by atoms with Gasteiger partial charge in [-0.2, -0.15) is 0 Å². The van der Waals surface area contributed by atoms with E-state index in [1.165, 1.54) is 0 Å². The van der Waals surface area contributed by atoms with Gasteiger partial charge >= 0.3 is 0 Å². The summed E-state index contributed by atoms with van der Waals surface area (Å²) >= 11 is 6.11. The first-order chi connectivity index (χ1) is 9.25. The molecule has 0 amide bonds. The number of hydrogen-bond donors (Lipinski definition) is 1. The standard InChI is InChI=1S/C14H22ClNO3/c1-12-4-3-5-13(15)14(12)16-6-7-18-10-11-19-9-8-17-2/h3-5,16H,6-11H2,1-2H3. The molecule has 0 aromatic heterocycles. The summed E-state index contributed by atoms with van der Waals surface area (Å²) in [5, 5.41) is 4.01. The van der Waals surface area contributed by atoms with E-state index < -0.39 is 0 Å². The van der Waals surface area contributed by atoms with Crippen LogP contribution >= 0.6 is 11.6 Å². The smallest absolute Gasteiger partial charge is 0.0701 e. The fourth-order valence-electron chi connectivity index (χ4n) is 1.57. The Hall–Kier alpha value is -0.810. The highest BCUT2D eigenvalue weighted by Crippen LogP contribution is 2.24. The number of nitrogens with one attached hydrogen (secondary N) is 1. The van der Waals surface area contributed by atoms with Crippen LogP contribution in [0.1, 0.15) is 5.56 Å². The molecule has 0 heterocycles. The van der Waals surface area contributed by atoms with Crippen molar-refractivity contribution in [3.63, 3.8) is 0 Å². The van der Waals surface area contributed by atoms with Crippen LogP contribution in [0, 0.1) is 6.92 Å². The fourth-order valence-corrected chi connectivity index (χ4v) is 1.86.